The van der Waals surface area contributed by atoms with E-state index in [9.17, 15) is 4.79 Å². The van der Waals surface area contributed by atoms with Crippen LogP contribution in [-0.4, -0.2) is 46.8 Å². The molecule has 2 unspecified atom stereocenters. The molecule has 0 bridgehead atoms. The molecule has 1 saturated heterocycles. The molecule has 140 valence electrons. The first-order valence-electron chi connectivity index (χ1n) is 9.32. The fourth-order valence-electron chi connectivity index (χ4n) is 3.76. The first-order valence-corrected chi connectivity index (χ1v) is 9.70. The van der Waals surface area contributed by atoms with E-state index in [0.29, 0.717) is 17.1 Å². The zero-order valence-corrected chi connectivity index (χ0v) is 16.2. The lowest BCUT2D eigenvalue weighted by Crippen LogP contribution is -2.40. The van der Waals surface area contributed by atoms with Crippen LogP contribution in [0.2, 0.25) is 5.02 Å². The molecule has 1 aliphatic heterocycles. The minimum absolute atomic E-state index is 0.0782. The summed E-state index contributed by atoms with van der Waals surface area (Å²) in [6.45, 7) is 8.72. The summed E-state index contributed by atoms with van der Waals surface area (Å²) < 4.78 is 1.68. The first kappa shape index (κ1) is 18.9. The first-order chi connectivity index (χ1) is 12.5. The summed E-state index contributed by atoms with van der Waals surface area (Å²) in [5, 5.41) is 7.93. The highest BCUT2D eigenvalue weighted by Crippen LogP contribution is 2.20. The molecule has 0 aliphatic carbocycles. The molecular weight excluding hydrogens is 348 g/mol. The molecule has 2 heterocycles. The fraction of sp³-hybridized carbons (Fsp3) is 0.500. The number of hydrogen-bond donors (Lipinski definition) is 1. The van der Waals surface area contributed by atoms with Crippen molar-refractivity contribution in [3.63, 3.8) is 0 Å². The molecule has 6 heteroatoms. The Morgan fingerprint density at radius 2 is 1.92 bits per heavy atom. The van der Waals surface area contributed by atoms with Crippen molar-refractivity contribution < 1.29 is 4.79 Å². The van der Waals surface area contributed by atoms with Crippen molar-refractivity contribution in [2.45, 2.75) is 26.7 Å². The largest absolute Gasteiger partial charge is 0.352 e. The summed E-state index contributed by atoms with van der Waals surface area (Å²) in [5.41, 5.74) is 1.45. The molecule has 0 saturated carbocycles. The molecule has 2 aromatic rings. The molecule has 26 heavy (non-hydrogen) atoms. The normalized spacial score (nSPS) is 20.9. The minimum Gasteiger partial charge on any atom is -0.352 e. The van der Waals surface area contributed by atoms with Crippen molar-refractivity contribution in [1.29, 1.82) is 0 Å². The number of amides is 1. The molecule has 1 aliphatic rings. The number of nitrogens with one attached hydrogen (secondary N) is 1. The van der Waals surface area contributed by atoms with Gasteiger partial charge in [-0.25, -0.2) is 4.68 Å². The molecule has 1 fully saturated rings. The molecule has 2 atom stereocenters. The van der Waals surface area contributed by atoms with Crippen molar-refractivity contribution in [2.75, 3.05) is 26.2 Å². The minimum atomic E-state index is -0.0782. The number of halogens is 1. The molecular formula is C20H27ClN4O. The van der Waals surface area contributed by atoms with E-state index in [-0.39, 0.29) is 5.91 Å². The van der Waals surface area contributed by atoms with Gasteiger partial charge in [-0.05, 0) is 55.5 Å². The standard InChI is InChI=1S/C20H27ClN4O/c1-15-10-16(2)13-24(12-15)9-3-8-22-20(26)17-11-23-25(14-17)19-6-4-18(21)5-7-19/h4-7,11,14-16H,3,8-10,12-13H2,1-2H3,(H,22,26). The van der Waals surface area contributed by atoms with Crippen molar-refractivity contribution in [3.05, 3.63) is 47.2 Å². The Bertz CT molecular complexity index is 718. The number of carbonyl (C=O) groups is 1. The van der Waals surface area contributed by atoms with E-state index in [2.05, 4.69) is 29.2 Å². The Balaban J connectivity index is 1.44. The van der Waals surface area contributed by atoms with Crippen LogP contribution >= 0.6 is 11.6 Å². The van der Waals surface area contributed by atoms with Crippen LogP contribution in [0.15, 0.2) is 36.7 Å². The smallest absolute Gasteiger partial charge is 0.254 e. The van der Waals surface area contributed by atoms with E-state index in [1.807, 2.05) is 12.1 Å². The maximum atomic E-state index is 12.3. The lowest BCUT2D eigenvalue weighted by Gasteiger charge is -2.34. The number of likely N-dealkylation sites (tertiary alicyclic amines) is 1. The molecule has 3 rings (SSSR count). The van der Waals surface area contributed by atoms with E-state index in [1.165, 1.54) is 19.5 Å². The maximum absolute atomic E-state index is 12.3. The zero-order valence-electron chi connectivity index (χ0n) is 15.5. The number of benzene rings is 1. The molecule has 0 spiro atoms. The summed E-state index contributed by atoms with van der Waals surface area (Å²) in [6, 6.07) is 7.36. The summed E-state index contributed by atoms with van der Waals surface area (Å²) >= 11 is 5.90. The quantitative estimate of drug-likeness (QED) is 0.785. The fourth-order valence-corrected chi connectivity index (χ4v) is 3.88. The molecule has 1 amide bonds. The number of rotatable bonds is 6. The van der Waals surface area contributed by atoms with Gasteiger partial charge in [-0.1, -0.05) is 25.4 Å². The maximum Gasteiger partial charge on any atom is 0.254 e. The van der Waals surface area contributed by atoms with Crippen LogP contribution in [0.1, 0.15) is 37.0 Å². The highest BCUT2D eigenvalue weighted by atomic mass is 35.5. The van der Waals surface area contributed by atoms with Gasteiger partial charge in [0, 0.05) is 30.9 Å². The van der Waals surface area contributed by atoms with Gasteiger partial charge in [0.2, 0.25) is 0 Å². The second-order valence-electron chi connectivity index (χ2n) is 7.47. The third-order valence-electron chi connectivity index (χ3n) is 4.82. The molecule has 5 nitrogen and oxygen atoms in total. The van der Waals surface area contributed by atoms with Gasteiger partial charge in [0.15, 0.2) is 0 Å². The van der Waals surface area contributed by atoms with Crippen molar-refractivity contribution in [3.8, 4) is 5.69 Å². The predicted octanol–water partition coefficient (Wildman–Crippen LogP) is 3.62. The van der Waals surface area contributed by atoms with Gasteiger partial charge in [0.1, 0.15) is 0 Å². The Morgan fingerprint density at radius 3 is 2.62 bits per heavy atom. The Labute approximate surface area is 160 Å². The van der Waals surface area contributed by atoms with E-state index in [4.69, 9.17) is 11.6 Å². The monoisotopic (exact) mass is 374 g/mol. The lowest BCUT2D eigenvalue weighted by molar-refractivity contribution is 0.0947. The highest BCUT2D eigenvalue weighted by Gasteiger charge is 2.21. The third kappa shape index (κ3) is 5.08. The second-order valence-corrected chi connectivity index (χ2v) is 7.90. The summed E-state index contributed by atoms with van der Waals surface area (Å²) in [6.07, 6.45) is 5.63. The summed E-state index contributed by atoms with van der Waals surface area (Å²) in [5.74, 6) is 1.46. The summed E-state index contributed by atoms with van der Waals surface area (Å²) in [4.78, 5) is 14.8. The topological polar surface area (TPSA) is 50.2 Å². The number of hydrogen-bond acceptors (Lipinski definition) is 3. The van der Waals surface area contributed by atoms with E-state index < -0.39 is 0 Å². The lowest BCUT2D eigenvalue weighted by atomic mass is 9.92. The van der Waals surface area contributed by atoms with E-state index >= 15 is 0 Å². The van der Waals surface area contributed by atoms with Crippen molar-refractivity contribution in [1.82, 2.24) is 20.0 Å². The van der Waals surface area contributed by atoms with Crippen LogP contribution < -0.4 is 5.32 Å². The third-order valence-corrected chi connectivity index (χ3v) is 5.07. The van der Waals surface area contributed by atoms with Gasteiger partial charge in [0.05, 0.1) is 17.4 Å². The van der Waals surface area contributed by atoms with Crippen LogP contribution in [-0.2, 0) is 0 Å². The molecule has 1 aromatic carbocycles. The predicted molar refractivity (Wildman–Crippen MR) is 105 cm³/mol. The van der Waals surface area contributed by atoms with Gasteiger partial charge in [-0.3, -0.25) is 4.79 Å². The Hall–Kier alpha value is -1.85. The van der Waals surface area contributed by atoms with Gasteiger partial charge in [0.25, 0.3) is 5.91 Å². The second kappa shape index (κ2) is 8.69. The number of aromatic nitrogens is 2. The van der Waals surface area contributed by atoms with Crippen LogP contribution in [0.5, 0.6) is 0 Å². The van der Waals surface area contributed by atoms with E-state index in [0.717, 1.165) is 30.5 Å². The Kier molecular flexibility index (Phi) is 6.33. The molecule has 0 radical (unpaired) electrons. The van der Waals surface area contributed by atoms with Crippen LogP contribution in [0.3, 0.4) is 0 Å². The molecule has 1 aromatic heterocycles. The Morgan fingerprint density at radius 1 is 1.23 bits per heavy atom. The zero-order chi connectivity index (χ0) is 18.5. The van der Waals surface area contributed by atoms with Crippen LogP contribution in [0, 0.1) is 11.8 Å². The number of piperidine rings is 1. The molecule has 1 N–H and O–H groups in total. The van der Waals surface area contributed by atoms with Gasteiger partial charge >= 0.3 is 0 Å². The average Bonchev–Trinajstić information content (AvgIpc) is 3.08. The number of nitrogens with zero attached hydrogens (tertiary/aromatic N) is 3. The van der Waals surface area contributed by atoms with Crippen molar-refractivity contribution >= 4 is 17.5 Å². The highest BCUT2D eigenvalue weighted by molar-refractivity contribution is 6.30. The van der Waals surface area contributed by atoms with Gasteiger partial charge in [-0.15, -0.1) is 0 Å². The average molecular weight is 375 g/mol. The summed E-state index contributed by atoms with van der Waals surface area (Å²) in [7, 11) is 0. The van der Waals surface area contributed by atoms with Crippen molar-refractivity contribution in [2.24, 2.45) is 11.8 Å². The van der Waals surface area contributed by atoms with Gasteiger partial charge < -0.3 is 10.2 Å². The number of carbonyl (C=O) groups excluding carboxylic acids is 1. The van der Waals surface area contributed by atoms with Crippen LogP contribution in [0.4, 0.5) is 0 Å². The van der Waals surface area contributed by atoms with Crippen LogP contribution in [0.25, 0.3) is 5.69 Å². The SMILES string of the molecule is CC1CC(C)CN(CCCNC(=O)c2cnn(-c3ccc(Cl)cc3)c2)C1. The van der Waals surface area contributed by atoms with E-state index in [1.54, 1.807) is 29.2 Å². The van der Waals surface area contributed by atoms with Gasteiger partial charge in [-0.2, -0.15) is 5.10 Å².